The number of nitrogens with zero attached hydrogens (tertiary/aromatic N) is 1. The maximum absolute atomic E-state index is 3.85. The van der Waals surface area contributed by atoms with E-state index in [0.717, 1.165) is 5.92 Å². The van der Waals surface area contributed by atoms with Gasteiger partial charge in [0.05, 0.1) is 2.88 Å². The predicted molar refractivity (Wildman–Crippen MR) is 90.9 cm³/mol. The van der Waals surface area contributed by atoms with Crippen molar-refractivity contribution in [1.29, 1.82) is 0 Å². The molecule has 1 aliphatic carbocycles. The van der Waals surface area contributed by atoms with Crippen molar-refractivity contribution in [2.24, 2.45) is 5.92 Å². The molecule has 0 aromatic carbocycles. The summed E-state index contributed by atoms with van der Waals surface area (Å²) in [6.45, 7) is 7.29. The largest absolute Gasteiger partial charge is 0.310 e. The molecule has 0 amide bonds. The van der Waals surface area contributed by atoms with E-state index in [9.17, 15) is 0 Å². The molecule has 3 rings (SSSR count). The summed E-state index contributed by atoms with van der Waals surface area (Å²) in [5, 5.41) is 3.85. The Kier molecular flexibility index (Phi) is 4.82. The maximum atomic E-state index is 3.85. The summed E-state index contributed by atoms with van der Waals surface area (Å²) in [5.41, 5.74) is 1.60. The van der Waals surface area contributed by atoms with Crippen LogP contribution in [0.3, 0.4) is 0 Å². The number of nitrogens with one attached hydrogen (secondary N) is 1. The van der Waals surface area contributed by atoms with Gasteiger partial charge in [0.1, 0.15) is 0 Å². The van der Waals surface area contributed by atoms with Gasteiger partial charge in [-0.05, 0) is 85.5 Å². The van der Waals surface area contributed by atoms with Crippen molar-refractivity contribution in [3.05, 3.63) is 19.4 Å². The van der Waals surface area contributed by atoms with Gasteiger partial charge in [0, 0.05) is 17.5 Å². The Balaban J connectivity index is 1.56. The molecule has 2 unspecified atom stereocenters. The van der Waals surface area contributed by atoms with Crippen LogP contribution in [0.2, 0.25) is 0 Å². The number of rotatable bonds is 4. The third kappa shape index (κ3) is 3.34. The van der Waals surface area contributed by atoms with E-state index in [1.807, 2.05) is 11.3 Å². The zero-order chi connectivity index (χ0) is 13.2. The second kappa shape index (κ2) is 6.41. The molecule has 1 aromatic heterocycles. The highest BCUT2D eigenvalue weighted by atomic mass is 127. The van der Waals surface area contributed by atoms with E-state index in [1.54, 1.807) is 10.4 Å². The third-order valence-electron chi connectivity index (χ3n) is 4.55. The van der Waals surface area contributed by atoms with E-state index in [2.05, 4.69) is 45.8 Å². The lowest BCUT2D eigenvalue weighted by molar-refractivity contribution is 0.332. The fourth-order valence-corrected chi connectivity index (χ4v) is 5.53. The molecule has 1 fully saturated rings. The van der Waals surface area contributed by atoms with Gasteiger partial charge in [0.25, 0.3) is 0 Å². The standard InChI is InChI=1S/C15H23IN2S/c1-2-18-7-6-11(10-18)9-17-13-4-3-5-14-12(13)8-15(16)19-14/h8,11,13,17H,2-7,9-10H2,1H3. The van der Waals surface area contributed by atoms with Gasteiger partial charge in [-0.2, -0.15) is 0 Å². The smallest absolute Gasteiger partial charge is 0.0659 e. The first kappa shape index (κ1) is 14.3. The van der Waals surface area contributed by atoms with E-state index < -0.39 is 0 Å². The molecule has 2 heterocycles. The summed E-state index contributed by atoms with van der Waals surface area (Å²) in [6.07, 6.45) is 5.35. The fourth-order valence-electron chi connectivity index (χ4n) is 3.41. The lowest BCUT2D eigenvalue weighted by Crippen LogP contribution is -2.30. The topological polar surface area (TPSA) is 15.3 Å². The Morgan fingerprint density at radius 2 is 2.37 bits per heavy atom. The Morgan fingerprint density at radius 1 is 1.47 bits per heavy atom. The minimum atomic E-state index is 0.624. The van der Waals surface area contributed by atoms with Crippen LogP contribution in [0.4, 0.5) is 0 Å². The molecule has 1 aliphatic heterocycles. The van der Waals surface area contributed by atoms with E-state index in [1.165, 1.54) is 54.7 Å². The number of hydrogen-bond donors (Lipinski definition) is 1. The number of hydrogen-bond acceptors (Lipinski definition) is 3. The number of fused-ring (bicyclic) bond motifs is 1. The molecular weight excluding hydrogens is 367 g/mol. The molecule has 0 spiro atoms. The number of halogens is 1. The van der Waals surface area contributed by atoms with Crippen LogP contribution < -0.4 is 5.32 Å². The minimum Gasteiger partial charge on any atom is -0.310 e. The first-order chi connectivity index (χ1) is 9.26. The van der Waals surface area contributed by atoms with Crippen LogP contribution in [-0.4, -0.2) is 31.1 Å². The maximum Gasteiger partial charge on any atom is 0.0659 e. The zero-order valence-corrected chi connectivity index (χ0v) is 14.6. The summed E-state index contributed by atoms with van der Waals surface area (Å²) < 4.78 is 1.45. The molecule has 1 aromatic rings. The number of aryl methyl sites for hydroxylation is 1. The van der Waals surface area contributed by atoms with Crippen LogP contribution >= 0.6 is 33.9 Å². The molecule has 0 radical (unpaired) electrons. The van der Waals surface area contributed by atoms with Crippen molar-refractivity contribution >= 4 is 33.9 Å². The van der Waals surface area contributed by atoms with Crippen LogP contribution in [0.15, 0.2) is 6.07 Å². The molecule has 106 valence electrons. The van der Waals surface area contributed by atoms with E-state index >= 15 is 0 Å². The first-order valence-corrected chi connectivity index (χ1v) is 9.39. The average molecular weight is 390 g/mol. The van der Waals surface area contributed by atoms with Gasteiger partial charge in [-0.3, -0.25) is 0 Å². The molecule has 2 nitrogen and oxygen atoms in total. The van der Waals surface area contributed by atoms with E-state index in [-0.39, 0.29) is 0 Å². The van der Waals surface area contributed by atoms with Crippen LogP contribution in [0.25, 0.3) is 0 Å². The SMILES string of the molecule is CCN1CCC(CNC2CCCc3sc(I)cc32)C1. The number of thiophene rings is 1. The van der Waals surface area contributed by atoms with Crippen LogP contribution in [0.5, 0.6) is 0 Å². The van der Waals surface area contributed by atoms with Crippen molar-refractivity contribution in [2.75, 3.05) is 26.2 Å². The highest BCUT2D eigenvalue weighted by Crippen LogP contribution is 2.36. The van der Waals surface area contributed by atoms with Crippen molar-refractivity contribution in [3.8, 4) is 0 Å². The summed E-state index contributed by atoms with van der Waals surface area (Å²) in [6, 6.07) is 3.03. The molecule has 0 bridgehead atoms. The average Bonchev–Trinajstić information content (AvgIpc) is 3.01. The van der Waals surface area contributed by atoms with Crippen LogP contribution in [0, 0.1) is 8.80 Å². The van der Waals surface area contributed by atoms with Gasteiger partial charge in [-0.1, -0.05) is 6.92 Å². The molecule has 2 aliphatic rings. The highest BCUT2D eigenvalue weighted by molar-refractivity contribution is 14.1. The van der Waals surface area contributed by atoms with Crippen molar-refractivity contribution in [2.45, 2.75) is 38.6 Å². The van der Waals surface area contributed by atoms with Gasteiger partial charge in [0.2, 0.25) is 0 Å². The summed E-state index contributed by atoms with van der Waals surface area (Å²) in [7, 11) is 0. The molecule has 0 saturated carbocycles. The molecular formula is C15H23IN2S. The third-order valence-corrected chi connectivity index (χ3v) is 6.52. The fraction of sp³-hybridized carbons (Fsp3) is 0.733. The van der Waals surface area contributed by atoms with Crippen LogP contribution in [-0.2, 0) is 6.42 Å². The van der Waals surface area contributed by atoms with Crippen molar-refractivity contribution < 1.29 is 0 Å². The Hall–Kier alpha value is 0.350. The van der Waals surface area contributed by atoms with Gasteiger partial charge in [0.15, 0.2) is 0 Å². The minimum absolute atomic E-state index is 0.624. The lowest BCUT2D eigenvalue weighted by Gasteiger charge is -2.25. The van der Waals surface area contributed by atoms with Gasteiger partial charge < -0.3 is 10.2 Å². The Morgan fingerprint density at radius 3 is 3.16 bits per heavy atom. The second-order valence-corrected chi connectivity index (χ2v) is 8.86. The Bertz CT molecular complexity index is 432. The predicted octanol–water partition coefficient (Wildman–Crippen LogP) is 3.66. The van der Waals surface area contributed by atoms with Crippen molar-refractivity contribution in [1.82, 2.24) is 10.2 Å². The second-order valence-electron chi connectivity index (χ2n) is 5.83. The normalized spacial score (nSPS) is 27.7. The summed E-state index contributed by atoms with van der Waals surface area (Å²) >= 11 is 4.46. The van der Waals surface area contributed by atoms with Gasteiger partial charge in [-0.25, -0.2) is 0 Å². The zero-order valence-electron chi connectivity index (χ0n) is 11.6. The highest BCUT2D eigenvalue weighted by Gasteiger charge is 2.25. The molecule has 2 atom stereocenters. The number of likely N-dealkylation sites (tertiary alicyclic amines) is 1. The molecule has 1 N–H and O–H groups in total. The monoisotopic (exact) mass is 390 g/mol. The van der Waals surface area contributed by atoms with Crippen LogP contribution in [0.1, 0.15) is 42.7 Å². The molecule has 19 heavy (non-hydrogen) atoms. The van der Waals surface area contributed by atoms with Gasteiger partial charge in [-0.15, -0.1) is 11.3 Å². The lowest BCUT2D eigenvalue weighted by atomic mass is 9.93. The molecule has 1 saturated heterocycles. The van der Waals surface area contributed by atoms with E-state index in [4.69, 9.17) is 0 Å². The van der Waals surface area contributed by atoms with Crippen molar-refractivity contribution in [3.63, 3.8) is 0 Å². The molecule has 4 heteroatoms. The quantitative estimate of drug-likeness (QED) is 0.790. The first-order valence-electron chi connectivity index (χ1n) is 7.50. The van der Waals surface area contributed by atoms with E-state index in [0.29, 0.717) is 6.04 Å². The summed E-state index contributed by atoms with van der Waals surface area (Å²) in [5.74, 6) is 0.864. The van der Waals surface area contributed by atoms with Gasteiger partial charge >= 0.3 is 0 Å². The summed E-state index contributed by atoms with van der Waals surface area (Å²) in [4.78, 5) is 4.21. The Labute approximate surface area is 134 Å².